The van der Waals surface area contributed by atoms with Gasteiger partial charge in [-0.2, -0.15) is 0 Å². The van der Waals surface area contributed by atoms with Crippen LogP contribution in [0.25, 0.3) is 0 Å². The van der Waals surface area contributed by atoms with Crippen LogP contribution in [0, 0.1) is 5.82 Å². The highest BCUT2D eigenvalue weighted by atomic mass is 19.1. The fraction of sp³-hybridized carbons (Fsp3) is 0.200. The van der Waals surface area contributed by atoms with Crippen molar-refractivity contribution in [2.75, 3.05) is 18.1 Å². The molecule has 6 heteroatoms. The van der Waals surface area contributed by atoms with Gasteiger partial charge in [0.25, 0.3) is 0 Å². The fourth-order valence-corrected chi connectivity index (χ4v) is 2.32. The molecule has 5 nitrogen and oxygen atoms in total. The number of carboxylic acid groups (broad SMARTS) is 1. The minimum Gasteiger partial charge on any atom is -0.491 e. The number of carbonyl (C=O) groups is 1. The van der Waals surface area contributed by atoms with Crippen LogP contribution in [0.3, 0.4) is 0 Å². The van der Waals surface area contributed by atoms with E-state index in [1.165, 1.54) is 6.20 Å². The van der Waals surface area contributed by atoms with Gasteiger partial charge >= 0.3 is 5.97 Å². The van der Waals surface area contributed by atoms with Gasteiger partial charge in [-0.3, -0.25) is 0 Å². The van der Waals surface area contributed by atoms with Gasteiger partial charge < -0.3 is 14.7 Å². The van der Waals surface area contributed by atoms with Crippen LogP contribution in [0.1, 0.15) is 15.9 Å². The molecule has 1 aliphatic rings. The molecule has 0 bridgehead atoms. The van der Waals surface area contributed by atoms with Gasteiger partial charge in [-0.1, -0.05) is 18.2 Å². The first-order valence-corrected chi connectivity index (χ1v) is 6.50. The van der Waals surface area contributed by atoms with E-state index in [2.05, 4.69) is 4.98 Å². The molecular weight excluding hydrogens is 275 g/mol. The van der Waals surface area contributed by atoms with Crippen LogP contribution in [-0.2, 0) is 6.54 Å². The summed E-state index contributed by atoms with van der Waals surface area (Å²) in [5.41, 5.74) is 0.537. The molecule has 2 aromatic rings. The van der Waals surface area contributed by atoms with E-state index in [0.29, 0.717) is 19.7 Å². The summed E-state index contributed by atoms with van der Waals surface area (Å²) < 4.78 is 19.9. The summed E-state index contributed by atoms with van der Waals surface area (Å²) in [7, 11) is 0. The lowest BCUT2D eigenvalue weighted by molar-refractivity contribution is 0.0691. The number of halogens is 1. The molecule has 0 aliphatic carbocycles. The first-order chi connectivity index (χ1) is 10.2. The summed E-state index contributed by atoms with van der Waals surface area (Å²) in [5.74, 6) is -1.32. The zero-order valence-electron chi connectivity index (χ0n) is 11.1. The van der Waals surface area contributed by atoms with Gasteiger partial charge in [-0.15, -0.1) is 0 Å². The van der Waals surface area contributed by atoms with Crippen molar-refractivity contribution >= 4 is 11.8 Å². The Labute approximate surface area is 120 Å². The molecule has 1 aromatic carbocycles. The smallest absolute Gasteiger partial charge is 0.338 e. The molecule has 2 heterocycles. The first-order valence-electron chi connectivity index (χ1n) is 6.50. The van der Waals surface area contributed by atoms with E-state index in [9.17, 15) is 9.18 Å². The van der Waals surface area contributed by atoms with Crippen LogP contribution >= 0.6 is 0 Å². The van der Waals surface area contributed by atoms with E-state index < -0.39 is 11.8 Å². The van der Waals surface area contributed by atoms with Crippen LogP contribution in [0.4, 0.5) is 10.2 Å². The minimum absolute atomic E-state index is 0.0372. The molecule has 1 N–H and O–H groups in total. The second-order valence-corrected chi connectivity index (χ2v) is 4.68. The number of carboxylic acids is 1. The molecule has 21 heavy (non-hydrogen) atoms. The highest BCUT2D eigenvalue weighted by Crippen LogP contribution is 2.27. The summed E-state index contributed by atoms with van der Waals surface area (Å²) >= 11 is 0. The number of ether oxygens (including phenoxy) is 1. The Kier molecular flexibility index (Phi) is 3.43. The van der Waals surface area contributed by atoms with Crippen molar-refractivity contribution < 1.29 is 19.0 Å². The van der Waals surface area contributed by atoms with E-state index >= 15 is 0 Å². The zero-order chi connectivity index (χ0) is 14.8. The van der Waals surface area contributed by atoms with Gasteiger partial charge in [-0.25, -0.2) is 14.2 Å². The summed E-state index contributed by atoms with van der Waals surface area (Å²) in [5, 5.41) is 8.99. The van der Waals surface area contributed by atoms with Crippen LogP contribution in [-0.4, -0.2) is 29.2 Å². The average Bonchev–Trinajstić information content (AvgIpc) is 2.69. The predicted molar refractivity (Wildman–Crippen MR) is 74.1 cm³/mol. The van der Waals surface area contributed by atoms with E-state index in [0.717, 1.165) is 17.4 Å². The lowest BCUT2D eigenvalue weighted by Crippen LogP contribution is -2.27. The summed E-state index contributed by atoms with van der Waals surface area (Å²) in [6, 6.07) is 8.66. The third-order valence-electron chi connectivity index (χ3n) is 3.35. The van der Waals surface area contributed by atoms with Crippen LogP contribution in [0.2, 0.25) is 0 Å². The summed E-state index contributed by atoms with van der Waals surface area (Å²) in [4.78, 5) is 16.7. The van der Waals surface area contributed by atoms with Crippen molar-refractivity contribution in [3.8, 4) is 5.75 Å². The third-order valence-corrected chi connectivity index (χ3v) is 3.35. The third kappa shape index (κ3) is 2.52. The maximum Gasteiger partial charge on any atom is 0.338 e. The van der Waals surface area contributed by atoms with Crippen LogP contribution in [0.15, 0.2) is 36.5 Å². The summed E-state index contributed by atoms with van der Waals surface area (Å²) in [6.45, 7) is 1.24. The number of pyridine rings is 1. The molecule has 0 saturated heterocycles. The van der Waals surface area contributed by atoms with Crippen molar-refractivity contribution in [3.63, 3.8) is 0 Å². The van der Waals surface area contributed by atoms with Crippen molar-refractivity contribution in [2.45, 2.75) is 6.54 Å². The van der Waals surface area contributed by atoms with Gasteiger partial charge in [-0.05, 0) is 12.1 Å². The summed E-state index contributed by atoms with van der Waals surface area (Å²) in [6.07, 6.45) is 1.31. The molecular formula is C15H13FN2O3. The molecule has 0 spiro atoms. The highest BCUT2D eigenvalue weighted by molar-refractivity contribution is 5.88. The predicted octanol–water partition coefficient (Wildman–Crippen LogP) is 2.32. The fourth-order valence-electron chi connectivity index (χ4n) is 2.32. The quantitative estimate of drug-likeness (QED) is 0.918. The van der Waals surface area contributed by atoms with Gasteiger partial charge in [0.05, 0.1) is 6.54 Å². The first kappa shape index (κ1) is 13.4. The second kappa shape index (κ2) is 5.40. The standard InChI is InChI=1S/C15H13FN2O3/c16-13-11(15(19)20)5-6-17-14(13)18-7-8-21-12-4-2-1-3-10(12)9-18/h1-6H,7-9H2,(H,19,20). The normalized spacial score (nSPS) is 14.0. The number of benzene rings is 1. The minimum atomic E-state index is -1.30. The van der Waals surface area contributed by atoms with Crippen LogP contribution < -0.4 is 9.64 Å². The lowest BCUT2D eigenvalue weighted by Gasteiger charge is -2.21. The Morgan fingerprint density at radius 2 is 2.14 bits per heavy atom. The number of aromatic nitrogens is 1. The molecule has 0 saturated carbocycles. The number of hydrogen-bond acceptors (Lipinski definition) is 4. The maximum atomic E-state index is 14.3. The number of para-hydroxylation sites is 1. The SMILES string of the molecule is O=C(O)c1ccnc(N2CCOc3ccccc3C2)c1F. The monoisotopic (exact) mass is 288 g/mol. The molecule has 0 radical (unpaired) electrons. The maximum absolute atomic E-state index is 14.3. The molecule has 3 rings (SSSR count). The topological polar surface area (TPSA) is 62.7 Å². The van der Waals surface area contributed by atoms with Crippen LogP contribution in [0.5, 0.6) is 5.75 Å². The number of nitrogens with zero attached hydrogens (tertiary/aromatic N) is 2. The second-order valence-electron chi connectivity index (χ2n) is 4.68. The van der Waals surface area contributed by atoms with Gasteiger partial charge in [0, 0.05) is 18.3 Å². The molecule has 1 aliphatic heterocycles. The van der Waals surface area contributed by atoms with Crippen molar-refractivity contribution in [1.29, 1.82) is 0 Å². The Balaban J connectivity index is 1.98. The zero-order valence-corrected chi connectivity index (χ0v) is 11.1. The van der Waals surface area contributed by atoms with Crippen molar-refractivity contribution in [3.05, 3.63) is 53.5 Å². The number of fused-ring (bicyclic) bond motifs is 1. The average molecular weight is 288 g/mol. The molecule has 1 aromatic heterocycles. The number of anilines is 1. The number of rotatable bonds is 2. The molecule has 0 unspecified atom stereocenters. The van der Waals surface area contributed by atoms with Crippen molar-refractivity contribution in [1.82, 2.24) is 4.98 Å². The largest absolute Gasteiger partial charge is 0.491 e. The Hall–Kier alpha value is -2.63. The van der Waals surface area contributed by atoms with E-state index in [1.54, 1.807) is 4.90 Å². The highest BCUT2D eigenvalue weighted by Gasteiger charge is 2.22. The molecule has 108 valence electrons. The van der Waals surface area contributed by atoms with E-state index in [1.807, 2.05) is 24.3 Å². The Morgan fingerprint density at radius 1 is 1.33 bits per heavy atom. The van der Waals surface area contributed by atoms with Crippen molar-refractivity contribution in [2.24, 2.45) is 0 Å². The van der Waals surface area contributed by atoms with E-state index in [4.69, 9.17) is 9.84 Å². The van der Waals surface area contributed by atoms with Gasteiger partial charge in [0.1, 0.15) is 17.9 Å². The molecule has 0 fully saturated rings. The Bertz CT molecular complexity index is 690. The Morgan fingerprint density at radius 3 is 2.95 bits per heavy atom. The van der Waals surface area contributed by atoms with Gasteiger partial charge in [0.2, 0.25) is 0 Å². The molecule has 0 amide bonds. The van der Waals surface area contributed by atoms with E-state index in [-0.39, 0.29) is 11.4 Å². The number of hydrogen-bond donors (Lipinski definition) is 1. The van der Waals surface area contributed by atoms with Gasteiger partial charge in [0.15, 0.2) is 11.6 Å². The molecule has 0 atom stereocenters. The lowest BCUT2D eigenvalue weighted by atomic mass is 10.2. The number of aromatic carboxylic acids is 1.